The standard InChI is InChI=1S/C23H22N8O8/c24-23-29-19-18(21(37)30-23)27-13(10-26-19)9-25-12-3-1-11(2-4-12)20(36)28-14(5-8-17(34)35)22(38)39-31-15(32)6-7-16(31)33/h1-4,6-7,10,14,25,32-33H,5,8-9H2,(H,28,36)(H,34,35)(H3,24,26,29,30,37). The maximum atomic E-state index is 12.8. The molecular weight excluding hydrogens is 516 g/mol. The van der Waals surface area contributed by atoms with E-state index in [-0.39, 0.29) is 35.6 Å². The molecule has 16 nitrogen and oxygen atoms in total. The van der Waals surface area contributed by atoms with E-state index in [0.717, 1.165) is 12.1 Å². The number of benzene rings is 1. The van der Waals surface area contributed by atoms with Crippen LogP contribution >= 0.6 is 0 Å². The average Bonchev–Trinajstić information content (AvgIpc) is 3.22. The van der Waals surface area contributed by atoms with Crippen LogP contribution in [0.15, 0.2) is 47.4 Å². The minimum atomic E-state index is -1.40. The Bertz CT molecular complexity index is 1580. The average molecular weight is 538 g/mol. The van der Waals surface area contributed by atoms with Crippen LogP contribution in [0, 0.1) is 0 Å². The molecular formula is C23H22N8O8. The fourth-order valence-electron chi connectivity index (χ4n) is 3.40. The summed E-state index contributed by atoms with van der Waals surface area (Å²) < 4.78 is 0.435. The molecule has 0 radical (unpaired) electrons. The SMILES string of the molecule is Nc1nc2ncc(CNc3ccc(C(=O)NC(CCC(=O)O)C(=O)On4c(O)ccc4O)cc3)nc2c(=O)[nH]1. The molecule has 1 atom stereocenters. The van der Waals surface area contributed by atoms with Gasteiger partial charge in [-0.15, -0.1) is 4.73 Å². The quantitative estimate of drug-likeness (QED) is 0.138. The molecule has 1 unspecified atom stereocenters. The summed E-state index contributed by atoms with van der Waals surface area (Å²) in [6.07, 6.45) is 0.673. The first kappa shape index (κ1) is 26.4. The number of fused-ring (bicyclic) bond motifs is 1. The largest absolute Gasteiger partial charge is 0.492 e. The normalized spacial score (nSPS) is 11.6. The summed E-state index contributed by atoms with van der Waals surface area (Å²) in [5.74, 6) is -4.21. The van der Waals surface area contributed by atoms with Gasteiger partial charge in [0.2, 0.25) is 17.7 Å². The number of H-pyrrole nitrogens is 1. The molecule has 4 rings (SSSR count). The number of nitrogens with zero attached hydrogens (tertiary/aromatic N) is 4. The topological polar surface area (TPSA) is 248 Å². The minimum Gasteiger partial charge on any atom is -0.492 e. The summed E-state index contributed by atoms with van der Waals surface area (Å²) in [7, 11) is 0. The zero-order chi connectivity index (χ0) is 28.1. The molecule has 4 aromatic rings. The summed E-state index contributed by atoms with van der Waals surface area (Å²) in [5, 5.41) is 33.8. The lowest BCUT2D eigenvalue weighted by atomic mass is 10.1. The van der Waals surface area contributed by atoms with Crippen LogP contribution in [-0.4, -0.2) is 63.9 Å². The number of carboxylic acid groups (broad SMARTS) is 1. The number of carbonyl (C=O) groups is 3. The third-order valence-corrected chi connectivity index (χ3v) is 5.32. The van der Waals surface area contributed by atoms with Crippen molar-refractivity contribution in [2.45, 2.75) is 25.4 Å². The van der Waals surface area contributed by atoms with Crippen LogP contribution in [0.2, 0.25) is 0 Å². The molecule has 0 aliphatic carbocycles. The number of aromatic amines is 1. The molecule has 3 heterocycles. The Morgan fingerprint density at radius 3 is 2.44 bits per heavy atom. The second-order valence-electron chi connectivity index (χ2n) is 8.13. The number of carboxylic acids is 1. The summed E-state index contributed by atoms with van der Waals surface area (Å²) >= 11 is 0. The van der Waals surface area contributed by atoms with Gasteiger partial charge in [0.25, 0.3) is 11.5 Å². The number of nitrogen functional groups attached to an aromatic ring is 1. The number of aromatic nitrogens is 5. The summed E-state index contributed by atoms with van der Waals surface area (Å²) in [5.41, 5.74) is 6.32. The highest BCUT2D eigenvalue weighted by Crippen LogP contribution is 2.19. The Hall–Kier alpha value is -5.67. The number of rotatable bonds is 10. The lowest BCUT2D eigenvalue weighted by Crippen LogP contribution is -2.45. The Morgan fingerprint density at radius 2 is 1.77 bits per heavy atom. The van der Waals surface area contributed by atoms with Crippen LogP contribution in [0.25, 0.3) is 11.2 Å². The van der Waals surface area contributed by atoms with Crippen LogP contribution in [0.4, 0.5) is 11.6 Å². The molecule has 39 heavy (non-hydrogen) atoms. The second kappa shape index (κ2) is 11.2. The Morgan fingerprint density at radius 1 is 1.08 bits per heavy atom. The van der Waals surface area contributed by atoms with E-state index in [1.807, 2.05) is 0 Å². The van der Waals surface area contributed by atoms with E-state index >= 15 is 0 Å². The number of hydrogen-bond donors (Lipinski definition) is 7. The number of aliphatic carboxylic acids is 1. The number of nitrogens with one attached hydrogen (secondary N) is 3. The highest BCUT2D eigenvalue weighted by molar-refractivity contribution is 5.97. The van der Waals surface area contributed by atoms with Crippen molar-refractivity contribution in [3.05, 3.63) is 64.2 Å². The third-order valence-electron chi connectivity index (χ3n) is 5.32. The number of anilines is 2. The van der Waals surface area contributed by atoms with Gasteiger partial charge in [-0.05, 0) is 30.7 Å². The van der Waals surface area contributed by atoms with Crippen molar-refractivity contribution < 1.29 is 34.5 Å². The van der Waals surface area contributed by atoms with Gasteiger partial charge in [-0.2, -0.15) is 4.98 Å². The van der Waals surface area contributed by atoms with E-state index in [1.54, 1.807) is 12.1 Å². The maximum absolute atomic E-state index is 12.8. The second-order valence-corrected chi connectivity index (χ2v) is 8.13. The molecule has 0 aliphatic rings. The summed E-state index contributed by atoms with van der Waals surface area (Å²) in [6.45, 7) is 0.195. The van der Waals surface area contributed by atoms with E-state index < -0.39 is 47.6 Å². The van der Waals surface area contributed by atoms with Crippen molar-refractivity contribution in [2.75, 3.05) is 11.1 Å². The predicted octanol–water partition coefficient (Wildman–Crippen LogP) is -0.261. The molecule has 0 spiro atoms. The van der Waals surface area contributed by atoms with Crippen molar-refractivity contribution in [1.82, 2.24) is 30.0 Å². The van der Waals surface area contributed by atoms with Crippen molar-refractivity contribution in [1.29, 1.82) is 0 Å². The Labute approximate surface area is 218 Å². The van der Waals surface area contributed by atoms with Gasteiger partial charge in [-0.1, -0.05) is 0 Å². The van der Waals surface area contributed by atoms with Gasteiger partial charge in [0.05, 0.1) is 18.4 Å². The maximum Gasteiger partial charge on any atom is 0.355 e. The van der Waals surface area contributed by atoms with Crippen LogP contribution < -0.4 is 26.8 Å². The van der Waals surface area contributed by atoms with E-state index in [2.05, 4.69) is 30.6 Å². The van der Waals surface area contributed by atoms with Crippen LogP contribution in [0.3, 0.4) is 0 Å². The zero-order valence-corrected chi connectivity index (χ0v) is 20.0. The number of amides is 1. The smallest absolute Gasteiger partial charge is 0.355 e. The fraction of sp³-hybridized carbons (Fsp3) is 0.174. The Kier molecular flexibility index (Phi) is 7.55. The van der Waals surface area contributed by atoms with Crippen LogP contribution in [-0.2, 0) is 16.1 Å². The van der Waals surface area contributed by atoms with Crippen molar-refractivity contribution >= 4 is 40.6 Å². The van der Waals surface area contributed by atoms with Gasteiger partial charge in [0.15, 0.2) is 11.2 Å². The van der Waals surface area contributed by atoms with E-state index in [1.165, 1.54) is 18.3 Å². The monoisotopic (exact) mass is 538 g/mol. The number of nitrogens with two attached hydrogens (primary N) is 1. The van der Waals surface area contributed by atoms with E-state index in [0.29, 0.717) is 16.1 Å². The number of aromatic hydroxyl groups is 2. The van der Waals surface area contributed by atoms with Gasteiger partial charge in [-0.25, -0.2) is 14.8 Å². The van der Waals surface area contributed by atoms with Gasteiger partial charge in [0.1, 0.15) is 6.04 Å². The van der Waals surface area contributed by atoms with Gasteiger partial charge in [0, 0.05) is 29.8 Å². The van der Waals surface area contributed by atoms with Gasteiger partial charge in [-0.3, -0.25) is 19.4 Å². The van der Waals surface area contributed by atoms with Gasteiger partial charge >= 0.3 is 11.9 Å². The highest BCUT2D eigenvalue weighted by Gasteiger charge is 2.26. The summed E-state index contributed by atoms with van der Waals surface area (Å²) in [6, 6.07) is 6.84. The minimum absolute atomic E-state index is 0.0358. The number of carbonyl (C=O) groups excluding carboxylic acids is 2. The molecule has 16 heteroatoms. The molecule has 0 aliphatic heterocycles. The van der Waals surface area contributed by atoms with Gasteiger partial charge < -0.3 is 36.5 Å². The van der Waals surface area contributed by atoms with Crippen molar-refractivity contribution in [3.63, 3.8) is 0 Å². The van der Waals surface area contributed by atoms with Crippen LogP contribution in [0.1, 0.15) is 28.9 Å². The molecule has 0 saturated heterocycles. The molecule has 1 amide bonds. The zero-order valence-electron chi connectivity index (χ0n) is 20.0. The van der Waals surface area contributed by atoms with E-state index in [9.17, 15) is 29.4 Å². The summed E-state index contributed by atoms with van der Waals surface area (Å²) in [4.78, 5) is 67.8. The third kappa shape index (κ3) is 6.37. The lowest BCUT2D eigenvalue weighted by Gasteiger charge is -2.17. The molecule has 202 valence electrons. The Balaban J connectivity index is 1.40. The van der Waals surface area contributed by atoms with Crippen molar-refractivity contribution in [3.8, 4) is 11.8 Å². The molecule has 0 bridgehead atoms. The lowest BCUT2D eigenvalue weighted by molar-refractivity contribution is -0.148. The highest BCUT2D eigenvalue weighted by atomic mass is 16.7. The molecule has 3 aromatic heterocycles. The molecule has 0 saturated carbocycles. The first-order chi connectivity index (χ1) is 18.6. The molecule has 8 N–H and O–H groups in total. The first-order valence-corrected chi connectivity index (χ1v) is 11.3. The van der Waals surface area contributed by atoms with Crippen molar-refractivity contribution in [2.24, 2.45) is 0 Å². The number of hydrogen-bond acceptors (Lipinski definition) is 12. The fourth-order valence-corrected chi connectivity index (χ4v) is 3.40. The van der Waals surface area contributed by atoms with E-state index in [4.69, 9.17) is 15.7 Å². The molecule has 0 fully saturated rings. The van der Waals surface area contributed by atoms with Crippen LogP contribution in [0.5, 0.6) is 11.8 Å². The first-order valence-electron chi connectivity index (χ1n) is 11.3. The molecule has 1 aromatic carbocycles. The predicted molar refractivity (Wildman–Crippen MR) is 134 cm³/mol.